The van der Waals surface area contributed by atoms with Gasteiger partial charge in [-0.3, -0.25) is 9.36 Å². The summed E-state index contributed by atoms with van der Waals surface area (Å²) in [5, 5.41) is 0. The van der Waals surface area contributed by atoms with Crippen molar-refractivity contribution in [1.82, 2.24) is 9.55 Å². The Morgan fingerprint density at radius 2 is 1.95 bits per heavy atom. The molecule has 1 aliphatic heterocycles. The Bertz CT molecular complexity index is 884. The Balaban J connectivity index is 2.28. The van der Waals surface area contributed by atoms with Crippen LogP contribution in [0.5, 0.6) is 5.75 Å². The standard InChI is InChI=1S/C14H14N2O4S/c1-16-13(9-5-3-4-6-12(9)20-2)15-11-8-21(18,19)7-10(11)14(16)17/h3-6H,7-8H2,1-2H3. The minimum Gasteiger partial charge on any atom is -0.496 e. The van der Waals surface area contributed by atoms with Crippen LogP contribution in [0.25, 0.3) is 11.4 Å². The summed E-state index contributed by atoms with van der Waals surface area (Å²) in [6.07, 6.45) is 0. The fourth-order valence-electron chi connectivity index (χ4n) is 2.51. The smallest absolute Gasteiger partial charge is 0.258 e. The van der Waals surface area contributed by atoms with Crippen LogP contribution in [0.1, 0.15) is 11.3 Å². The third kappa shape index (κ3) is 2.23. The van der Waals surface area contributed by atoms with E-state index in [9.17, 15) is 13.2 Å². The van der Waals surface area contributed by atoms with Crippen molar-refractivity contribution in [3.63, 3.8) is 0 Å². The minimum absolute atomic E-state index is 0.180. The molecular weight excluding hydrogens is 292 g/mol. The second kappa shape index (κ2) is 4.70. The molecule has 0 aliphatic carbocycles. The van der Waals surface area contributed by atoms with Gasteiger partial charge in [0.15, 0.2) is 9.84 Å². The first-order valence-electron chi connectivity index (χ1n) is 6.35. The quantitative estimate of drug-likeness (QED) is 0.823. The van der Waals surface area contributed by atoms with Crippen LogP contribution in [-0.2, 0) is 28.4 Å². The molecule has 0 fully saturated rings. The molecule has 0 atom stereocenters. The van der Waals surface area contributed by atoms with Gasteiger partial charge in [-0.1, -0.05) is 12.1 Å². The predicted octanol–water partition coefficient (Wildman–Crippen LogP) is 0.884. The van der Waals surface area contributed by atoms with E-state index in [4.69, 9.17) is 4.74 Å². The normalized spacial score (nSPS) is 15.7. The number of ether oxygens (including phenoxy) is 1. The van der Waals surface area contributed by atoms with Crippen LogP contribution >= 0.6 is 0 Å². The summed E-state index contributed by atoms with van der Waals surface area (Å²) >= 11 is 0. The van der Waals surface area contributed by atoms with Gasteiger partial charge in [-0.15, -0.1) is 0 Å². The van der Waals surface area contributed by atoms with Crippen molar-refractivity contribution in [2.75, 3.05) is 7.11 Å². The van der Waals surface area contributed by atoms with Gasteiger partial charge in [0.2, 0.25) is 0 Å². The lowest BCUT2D eigenvalue weighted by atomic mass is 10.1. The maximum atomic E-state index is 12.4. The van der Waals surface area contributed by atoms with Crippen molar-refractivity contribution in [2.24, 2.45) is 7.05 Å². The number of rotatable bonds is 2. The first-order valence-corrected chi connectivity index (χ1v) is 8.17. The van der Waals surface area contributed by atoms with Crippen molar-refractivity contribution >= 4 is 9.84 Å². The summed E-state index contributed by atoms with van der Waals surface area (Å²) in [7, 11) is -0.144. The highest BCUT2D eigenvalue weighted by molar-refractivity contribution is 7.90. The lowest BCUT2D eigenvalue weighted by Gasteiger charge is -2.12. The van der Waals surface area contributed by atoms with Crippen LogP contribution in [0.15, 0.2) is 29.1 Å². The minimum atomic E-state index is -3.27. The number of para-hydroxylation sites is 1. The number of fused-ring (bicyclic) bond motifs is 1. The van der Waals surface area contributed by atoms with Gasteiger partial charge in [0.05, 0.1) is 35.4 Å². The van der Waals surface area contributed by atoms with Gasteiger partial charge in [0.25, 0.3) is 5.56 Å². The van der Waals surface area contributed by atoms with Crippen LogP contribution in [0.3, 0.4) is 0 Å². The number of hydrogen-bond donors (Lipinski definition) is 0. The third-order valence-corrected chi connectivity index (χ3v) is 4.98. The summed E-state index contributed by atoms with van der Waals surface area (Å²) in [5.74, 6) is 0.587. The van der Waals surface area contributed by atoms with Crippen LogP contribution in [-0.4, -0.2) is 25.1 Å². The van der Waals surface area contributed by atoms with Crippen LogP contribution in [0, 0.1) is 0 Å². The summed E-state index contributed by atoms with van der Waals surface area (Å²) in [6.45, 7) is 0. The Kier molecular flexibility index (Phi) is 3.09. The number of hydrogen-bond acceptors (Lipinski definition) is 5. The molecule has 1 aromatic carbocycles. The molecule has 2 aromatic rings. The number of aromatic nitrogens is 2. The molecule has 0 saturated heterocycles. The fourth-order valence-corrected chi connectivity index (χ4v) is 3.99. The maximum Gasteiger partial charge on any atom is 0.258 e. The molecule has 0 saturated carbocycles. The van der Waals surface area contributed by atoms with Crippen molar-refractivity contribution in [2.45, 2.75) is 11.5 Å². The average molecular weight is 306 g/mol. The number of methoxy groups -OCH3 is 1. The molecule has 1 aromatic heterocycles. The zero-order valence-corrected chi connectivity index (χ0v) is 12.5. The van der Waals surface area contributed by atoms with Crippen LogP contribution in [0.4, 0.5) is 0 Å². The van der Waals surface area contributed by atoms with Gasteiger partial charge < -0.3 is 4.74 Å². The van der Waals surface area contributed by atoms with Gasteiger partial charge in [0, 0.05) is 7.05 Å². The highest BCUT2D eigenvalue weighted by atomic mass is 32.2. The largest absolute Gasteiger partial charge is 0.496 e. The van der Waals surface area contributed by atoms with E-state index < -0.39 is 9.84 Å². The molecule has 0 bridgehead atoms. The third-order valence-electron chi connectivity index (χ3n) is 3.54. The lowest BCUT2D eigenvalue weighted by Crippen LogP contribution is -2.24. The first-order chi connectivity index (χ1) is 9.93. The maximum absolute atomic E-state index is 12.4. The average Bonchev–Trinajstić information content (AvgIpc) is 2.77. The highest BCUT2D eigenvalue weighted by Gasteiger charge is 2.30. The van der Waals surface area contributed by atoms with Gasteiger partial charge in [-0.25, -0.2) is 13.4 Å². The predicted molar refractivity (Wildman–Crippen MR) is 77.8 cm³/mol. The lowest BCUT2D eigenvalue weighted by molar-refractivity contribution is 0.416. The molecule has 3 rings (SSSR count). The Morgan fingerprint density at radius 1 is 1.24 bits per heavy atom. The number of benzene rings is 1. The van der Waals surface area contributed by atoms with Gasteiger partial charge in [-0.05, 0) is 12.1 Å². The second-order valence-electron chi connectivity index (χ2n) is 4.96. The summed E-state index contributed by atoms with van der Waals surface area (Å²) in [6, 6.07) is 7.19. The molecule has 21 heavy (non-hydrogen) atoms. The molecule has 6 nitrogen and oxygen atoms in total. The zero-order valence-electron chi connectivity index (χ0n) is 11.7. The number of nitrogens with zero attached hydrogens (tertiary/aromatic N) is 2. The van der Waals surface area contributed by atoms with E-state index >= 15 is 0 Å². The Morgan fingerprint density at radius 3 is 2.67 bits per heavy atom. The van der Waals surface area contributed by atoms with Crippen LogP contribution in [0.2, 0.25) is 0 Å². The van der Waals surface area contributed by atoms with Crippen molar-refractivity contribution in [3.8, 4) is 17.1 Å². The van der Waals surface area contributed by atoms with E-state index in [1.165, 1.54) is 11.7 Å². The molecule has 0 radical (unpaired) electrons. The van der Waals surface area contributed by atoms with Gasteiger partial charge in [0.1, 0.15) is 11.6 Å². The molecule has 7 heteroatoms. The van der Waals surface area contributed by atoms with Crippen molar-refractivity contribution in [3.05, 3.63) is 45.9 Å². The van der Waals surface area contributed by atoms with Gasteiger partial charge in [-0.2, -0.15) is 0 Å². The molecule has 0 spiro atoms. The van der Waals surface area contributed by atoms with Crippen molar-refractivity contribution in [1.29, 1.82) is 0 Å². The first kappa shape index (κ1) is 13.8. The highest BCUT2D eigenvalue weighted by Crippen LogP contribution is 2.29. The molecule has 1 aliphatic rings. The summed E-state index contributed by atoms with van der Waals surface area (Å²) in [4.78, 5) is 16.8. The van der Waals surface area contributed by atoms with E-state index in [2.05, 4.69) is 4.98 Å². The van der Waals surface area contributed by atoms with Crippen LogP contribution < -0.4 is 10.3 Å². The van der Waals surface area contributed by atoms with E-state index in [-0.39, 0.29) is 22.6 Å². The van der Waals surface area contributed by atoms with E-state index in [1.54, 1.807) is 19.2 Å². The topological polar surface area (TPSA) is 78.3 Å². The van der Waals surface area contributed by atoms with Gasteiger partial charge >= 0.3 is 0 Å². The molecular formula is C14H14N2O4S. The second-order valence-corrected chi connectivity index (χ2v) is 7.02. The van der Waals surface area contributed by atoms with E-state index in [0.717, 1.165) is 0 Å². The van der Waals surface area contributed by atoms with Crippen molar-refractivity contribution < 1.29 is 13.2 Å². The fraction of sp³-hybridized carbons (Fsp3) is 0.286. The molecule has 0 amide bonds. The SMILES string of the molecule is COc1ccccc1-c1nc2c(c(=O)n1C)CS(=O)(=O)C2. The number of sulfone groups is 1. The molecule has 0 N–H and O–H groups in total. The Hall–Kier alpha value is -2.15. The monoisotopic (exact) mass is 306 g/mol. The molecule has 0 unspecified atom stereocenters. The summed E-state index contributed by atoms with van der Waals surface area (Å²) < 4.78 is 30.1. The Labute approximate surface area is 121 Å². The van der Waals surface area contributed by atoms with E-state index in [1.807, 2.05) is 12.1 Å². The molecule has 2 heterocycles. The summed E-state index contributed by atoms with van der Waals surface area (Å²) in [5.41, 5.74) is 0.962. The molecule has 110 valence electrons. The zero-order chi connectivity index (χ0) is 15.2. The van der Waals surface area contributed by atoms with E-state index in [0.29, 0.717) is 22.8 Å².